The Morgan fingerprint density at radius 1 is 1.20 bits per heavy atom. The van der Waals surface area contributed by atoms with E-state index in [0.717, 1.165) is 0 Å². The van der Waals surface area contributed by atoms with Gasteiger partial charge in [-0.1, -0.05) is 20.8 Å². The first-order valence-electron chi connectivity index (χ1n) is 5.03. The van der Waals surface area contributed by atoms with Gasteiger partial charge in [-0.3, -0.25) is 9.59 Å². The second-order valence-corrected chi connectivity index (χ2v) is 4.62. The number of hydrogen-bond donors (Lipinski definition) is 3. The Morgan fingerprint density at radius 2 is 1.67 bits per heavy atom. The Bertz CT molecular complexity index is 233. The predicted molar refractivity (Wildman–Crippen MR) is 59.1 cm³/mol. The van der Waals surface area contributed by atoms with Crippen LogP contribution in [0.1, 0.15) is 27.7 Å². The maximum Gasteiger partial charge on any atom is 0.237 e. The minimum absolute atomic E-state index is 0.107. The van der Waals surface area contributed by atoms with E-state index in [2.05, 4.69) is 10.6 Å². The highest BCUT2D eigenvalue weighted by molar-refractivity contribution is 5.82. The van der Waals surface area contributed by atoms with Crippen LogP contribution in [0.2, 0.25) is 0 Å². The molecular formula is C10H21N3O2. The van der Waals surface area contributed by atoms with E-state index < -0.39 is 6.04 Å². The Morgan fingerprint density at radius 3 is 2.07 bits per heavy atom. The molecule has 88 valence electrons. The molecule has 2 amide bonds. The lowest BCUT2D eigenvalue weighted by molar-refractivity contribution is -0.125. The molecule has 4 N–H and O–H groups in total. The Kier molecular flexibility index (Phi) is 5.28. The Hall–Kier alpha value is -1.10. The molecule has 0 rings (SSSR count). The smallest absolute Gasteiger partial charge is 0.237 e. The van der Waals surface area contributed by atoms with Crippen molar-refractivity contribution in [3.05, 3.63) is 0 Å². The van der Waals surface area contributed by atoms with E-state index in [1.165, 1.54) is 6.92 Å². The topological polar surface area (TPSA) is 84.2 Å². The van der Waals surface area contributed by atoms with Gasteiger partial charge in [-0.15, -0.1) is 0 Å². The normalized spacial score (nSPS) is 13.1. The Balaban J connectivity index is 3.80. The summed E-state index contributed by atoms with van der Waals surface area (Å²) in [6.07, 6.45) is 0. The highest BCUT2D eigenvalue weighted by atomic mass is 16.2. The third-order valence-electron chi connectivity index (χ3n) is 2.01. The van der Waals surface area contributed by atoms with Gasteiger partial charge in [0.25, 0.3) is 0 Å². The van der Waals surface area contributed by atoms with Crippen molar-refractivity contribution in [1.29, 1.82) is 0 Å². The largest absolute Gasteiger partial charge is 0.355 e. The fourth-order valence-electron chi connectivity index (χ4n) is 0.927. The summed E-state index contributed by atoms with van der Waals surface area (Å²) in [4.78, 5) is 22.0. The highest BCUT2D eigenvalue weighted by Crippen LogP contribution is 2.16. The van der Waals surface area contributed by atoms with Crippen molar-refractivity contribution in [2.24, 2.45) is 11.1 Å². The van der Waals surface area contributed by atoms with Crippen LogP contribution in [0, 0.1) is 5.41 Å². The molecule has 0 aromatic heterocycles. The number of hydrogen-bond acceptors (Lipinski definition) is 3. The van der Waals surface area contributed by atoms with E-state index in [4.69, 9.17) is 5.73 Å². The monoisotopic (exact) mass is 215 g/mol. The molecule has 0 spiro atoms. The summed E-state index contributed by atoms with van der Waals surface area (Å²) < 4.78 is 0. The summed E-state index contributed by atoms with van der Waals surface area (Å²) in [6.45, 7) is 7.99. The van der Waals surface area contributed by atoms with Gasteiger partial charge in [-0.05, 0) is 5.41 Å². The van der Waals surface area contributed by atoms with Crippen LogP contribution in [0.3, 0.4) is 0 Å². The highest BCUT2D eigenvalue weighted by Gasteiger charge is 2.26. The molecule has 0 unspecified atom stereocenters. The van der Waals surface area contributed by atoms with Crippen molar-refractivity contribution in [3.8, 4) is 0 Å². The number of nitrogens with two attached hydrogens (primary N) is 1. The molecule has 0 bridgehead atoms. The summed E-state index contributed by atoms with van der Waals surface area (Å²) in [6, 6.07) is -0.533. The first kappa shape index (κ1) is 13.9. The molecule has 0 aliphatic carbocycles. The van der Waals surface area contributed by atoms with Crippen LogP contribution >= 0.6 is 0 Å². The summed E-state index contributed by atoms with van der Waals surface area (Å²) in [7, 11) is 0. The fraction of sp³-hybridized carbons (Fsp3) is 0.800. The second kappa shape index (κ2) is 5.70. The molecule has 5 nitrogen and oxygen atoms in total. The molecule has 0 saturated carbocycles. The zero-order chi connectivity index (χ0) is 12.1. The van der Waals surface area contributed by atoms with Crippen molar-refractivity contribution in [1.82, 2.24) is 10.6 Å². The summed E-state index contributed by atoms with van der Waals surface area (Å²) >= 11 is 0. The lowest BCUT2D eigenvalue weighted by Gasteiger charge is -2.25. The lowest BCUT2D eigenvalue weighted by atomic mass is 9.87. The summed E-state index contributed by atoms with van der Waals surface area (Å²) in [5.41, 5.74) is 5.49. The number of nitrogens with one attached hydrogen (secondary N) is 2. The number of carbonyl (C=O) groups excluding carboxylic acids is 2. The molecular weight excluding hydrogens is 194 g/mol. The van der Waals surface area contributed by atoms with Crippen LogP contribution in [0.5, 0.6) is 0 Å². The second-order valence-electron chi connectivity index (χ2n) is 4.62. The molecule has 1 atom stereocenters. The van der Waals surface area contributed by atoms with Crippen LogP contribution in [0.15, 0.2) is 0 Å². The van der Waals surface area contributed by atoms with Gasteiger partial charge in [-0.2, -0.15) is 0 Å². The average molecular weight is 215 g/mol. The summed E-state index contributed by atoms with van der Waals surface area (Å²) in [5.74, 6) is -0.294. The van der Waals surface area contributed by atoms with Crippen LogP contribution < -0.4 is 16.4 Å². The van der Waals surface area contributed by atoms with E-state index in [1.54, 1.807) is 0 Å². The quantitative estimate of drug-likeness (QED) is 0.558. The van der Waals surface area contributed by atoms with Crippen LogP contribution in [-0.4, -0.2) is 30.9 Å². The van der Waals surface area contributed by atoms with Gasteiger partial charge in [0, 0.05) is 20.0 Å². The third-order valence-corrected chi connectivity index (χ3v) is 2.01. The Labute approximate surface area is 90.8 Å². The van der Waals surface area contributed by atoms with Gasteiger partial charge >= 0.3 is 0 Å². The molecule has 0 heterocycles. The molecule has 0 fully saturated rings. The number of amides is 2. The molecule has 0 saturated heterocycles. The molecule has 0 radical (unpaired) electrons. The fourth-order valence-corrected chi connectivity index (χ4v) is 0.927. The SMILES string of the molecule is CC(=O)NCCNC(=O)[C@H](N)C(C)(C)C. The molecule has 15 heavy (non-hydrogen) atoms. The standard InChI is InChI=1S/C10H21N3O2/c1-7(14)12-5-6-13-9(15)8(11)10(2,3)4/h8H,5-6,11H2,1-4H3,(H,12,14)(H,13,15)/t8-/m0/s1. The van der Waals surface area contributed by atoms with Crippen LogP contribution in [-0.2, 0) is 9.59 Å². The minimum Gasteiger partial charge on any atom is -0.355 e. The summed E-state index contributed by atoms with van der Waals surface area (Å²) in [5, 5.41) is 5.25. The minimum atomic E-state index is -0.533. The van der Waals surface area contributed by atoms with Crippen molar-refractivity contribution in [3.63, 3.8) is 0 Å². The van der Waals surface area contributed by atoms with Crippen molar-refractivity contribution < 1.29 is 9.59 Å². The maximum absolute atomic E-state index is 11.5. The van der Waals surface area contributed by atoms with E-state index in [-0.39, 0.29) is 17.2 Å². The lowest BCUT2D eigenvalue weighted by Crippen LogP contribution is -2.49. The van der Waals surface area contributed by atoms with Gasteiger partial charge in [0.05, 0.1) is 6.04 Å². The first-order valence-corrected chi connectivity index (χ1v) is 5.03. The maximum atomic E-state index is 11.5. The van der Waals surface area contributed by atoms with Crippen LogP contribution in [0.4, 0.5) is 0 Å². The van der Waals surface area contributed by atoms with Crippen LogP contribution in [0.25, 0.3) is 0 Å². The van der Waals surface area contributed by atoms with Crippen molar-refractivity contribution >= 4 is 11.8 Å². The average Bonchev–Trinajstić information content (AvgIpc) is 2.09. The molecule has 5 heteroatoms. The van der Waals surface area contributed by atoms with E-state index in [0.29, 0.717) is 13.1 Å². The van der Waals surface area contributed by atoms with Gasteiger partial charge in [0.15, 0.2) is 0 Å². The number of rotatable bonds is 4. The van der Waals surface area contributed by atoms with Crippen molar-refractivity contribution in [2.75, 3.05) is 13.1 Å². The van der Waals surface area contributed by atoms with Gasteiger partial charge in [0.1, 0.15) is 0 Å². The zero-order valence-corrected chi connectivity index (χ0v) is 9.89. The molecule has 0 aliphatic rings. The van der Waals surface area contributed by atoms with Gasteiger partial charge in [0.2, 0.25) is 11.8 Å². The predicted octanol–water partition coefficient (Wildman–Crippen LogP) is -0.388. The number of carbonyl (C=O) groups is 2. The molecule has 0 aromatic carbocycles. The van der Waals surface area contributed by atoms with E-state index in [9.17, 15) is 9.59 Å². The first-order chi connectivity index (χ1) is 6.75. The van der Waals surface area contributed by atoms with E-state index in [1.807, 2.05) is 20.8 Å². The third kappa shape index (κ3) is 6.06. The zero-order valence-electron chi connectivity index (χ0n) is 9.89. The van der Waals surface area contributed by atoms with E-state index >= 15 is 0 Å². The van der Waals surface area contributed by atoms with Gasteiger partial charge in [-0.25, -0.2) is 0 Å². The molecule has 0 aromatic rings. The van der Waals surface area contributed by atoms with Crippen molar-refractivity contribution in [2.45, 2.75) is 33.7 Å². The van der Waals surface area contributed by atoms with Gasteiger partial charge < -0.3 is 16.4 Å². The molecule has 0 aliphatic heterocycles.